The number of amides is 1. The summed E-state index contributed by atoms with van der Waals surface area (Å²) < 4.78 is 12.7. The van der Waals surface area contributed by atoms with Crippen molar-refractivity contribution in [2.45, 2.75) is 26.9 Å². The third kappa shape index (κ3) is 3.74. The van der Waals surface area contributed by atoms with Crippen molar-refractivity contribution in [2.75, 3.05) is 6.54 Å². The van der Waals surface area contributed by atoms with Crippen LogP contribution in [0.3, 0.4) is 0 Å². The van der Waals surface area contributed by atoms with Crippen molar-refractivity contribution in [1.29, 1.82) is 0 Å². The maximum Gasteiger partial charge on any atom is 0.271 e. The lowest BCUT2D eigenvalue weighted by Gasteiger charge is -2.06. The zero-order valence-corrected chi connectivity index (χ0v) is 15.0. The largest absolute Gasteiger partial charge is 0.473 e. The van der Waals surface area contributed by atoms with Gasteiger partial charge in [0.15, 0.2) is 5.69 Å². The molecule has 0 aliphatic carbocycles. The summed E-state index contributed by atoms with van der Waals surface area (Å²) in [5.74, 6) is 0.931. The summed E-state index contributed by atoms with van der Waals surface area (Å²) in [6.45, 7) is 4.66. The highest BCUT2D eigenvalue weighted by Gasteiger charge is 2.18. The Morgan fingerprint density at radius 2 is 2.23 bits per heavy atom. The quantitative estimate of drug-likeness (QED) is 0.700. The lowest BCUT2D eigenvalue weighted by Crippen LogP contribution is -2.24. The fourth-order valence-electron chi connectivity index (χ4n) is 2.44. The molecule has 0 aliphatic rings. The number of nitrogens with one attached hydrogen (secondary N) is 1. The summed E-state index contributed by atoms with van der Waals surface area (Å²) in [5, 5.41) is 11.1. The standard InChI is InChI=1S/C18H21N5O3/c1-4-8-20-18(24)15-10-16(23(3)21-15)25-11-13-12(2)26-22-17(13)14-7-5-6-9-19-14/h5-7,9-10H,4,8,11H2,1-3H3,(H,20,24). The first-order valence-corrected chi connectivity index (χ1v) is 8.41. The maximum absolute atomic E-state index is 12.0. The molecule has 136 valence electrons. The molecule has 3 heterocycles. The van der Waals surface area contributed by atoms with Gasteiger partial charge in [0.25, 0.3) is 5.91 Å². The molecule has 0 atom stereocenters. The van der Waals surface area contributed by atoms with Gasteiger partial charge in [-0.15, -0.1) is 0 Å². The Balaban J connectivity index is 1.75. The predicted octanol–water partition coefficient (Wildman–Crippen LogP) is 2.50. The minimum Gasteiger partial charge on any atom is -0.473 e. The Morgan fingerprint density at radius 3 is 2.96 bits per heavy atom. The Hall–Kier alpha value is -3.16. The Morgan fingerprint density at radius 1 is 1.38 bits per heavy atom. The van der Waals surface area contributed by atoms with Crippen molar-refractivity contribution in [3.05, 3.63) is 47.5 Å². The van der Waals surface area contributed by atoms with Gasteiger partial charge in [-0.2, -0.15) is 5.10 Å². The van der Waals surface area contributed by atoms with E-state index >= 15 is 0 Å². The average Bonchev–Trinajstić information content (AvgIpc) is 3.21. The first kappa shape index (κ1) is 17.7. The Kier molecular flexibility index (Phi) is 5.31. The van der Waals surface area contributed by atoms with Crippen LogP contribution in [0.25, 0.3) is 11.4 Å². The second-order valence-electron chi connectivity index (χ2n) is 5.82. The van der Waals surface area contributed by atoms with Gasteiger partial charge < -0.3 is 14.6 Å². The molecule has 3 aromatic heterocycles. The molecule has 8 nitrogen and oxygen atoms in total. The van der Waals surface area contributed by atoms with E-state index in [4.69, 9.17) is 9.26 Å². The number of aromatic nitrogens is 4. The molecule has 0 saturated heterocycles. The van der Waals surface area contributed by atoms with Gasteiger partial charge in [0.1, 0.15) is 18.1 Å². The molecule has 8 heteroatoms. The molecule has 3 rings (SSSR count). The monoisotopic (exact) mass is 355 g/mol. The molecule has 0 spiro atoms. The molecule has 0 radical (unpaired) electrons. The Bertz CT molecular complexity index is 886. The number of nitrogens with zero attached hydrogens (tertiary/aromatic N) is 4. The number of carbonyl (C=O) groups is 1. The number of ether oxygens (including phenoxy) is 1. The van der Waals surface area contributed by atoms with Crippen LogP contribution >= 0.6 is 0 Å². The first-order valence-electron chi connectivity index (χ1n) is 8.41. The van der Waals surface area contributed by atoms with Crippen LogP contribution in [0.2, 0.25) is 0 Å². The van der Waals surface area contributed by atoms with Crippen LogP contribution < -0.4 is 10.1 Å². The summed E-state index contributed by atoms with van der Waals surface area (Å²) in [7, 11) is 1.73. The fourth-order valence-corrected chi connectivity index (χ4v) is 2.44. The molecule has 1 N–H and O–H groups in total. The minimum absolute atomic E-state index is 0.215. The van der Waals surface area contributed by atoms with Gasteiger partial charge in [0.05, 0.1) is 11.3 Å². The topological polar surface area (TPSA) is 95.1 Å². The van der Waals surface area contributed by atoms with E-state index in [1.54, 1.807) is 19.3 Å². The van der Waals surface area contributed by atoms with E-state index in [9.17, 15) is 4.79 Å². The zero-order valence-electron chi connectivity index (χ0n) is 15.0. The number of pyridine rings is 1. The van der Waals surface area contributed by atoms with E-state index in [0.29, 0.717) is 35.3 Å². The summed E-state index contributed by atoms with van der Waals surface area (Å²) in [4.78, 5) is 16.3. The van der Waals surface area contributed by atoms with Crippen molar-refractivity contribution in [3.63, 3.8) is 0 Å². The van der Waals surface area contributed by atoms with Gasteiger partial charge in [-0.3, -0.25) is 9.78 Å². The maximum atomic E-state index is 12.0. The number of carbonyl (C=O) groups excluding carboxylic acids is 1. The van der Waals surface area contributed by atoms with E-state index < -0.39 is 0 Å². The number of aryl methyl sites for hydroxylation is 2. The van der Waals surface area contributed by atoms with Crippen molar-refractivity contribution in [1.82, 2.24) is 25.2 Å². The summed E-state index contributed by atoms with van der Waals surface area (Å²) in [5.41, 5.74) is 2.49. The van der Waals surface area contributed by atoms with Gasteiger partial charge >= 0.3 is 0 Å². The molecule has 26 heavy (non-hydrogen) atoms. The summed E-state index contributed by atoms with van der Waals surface area (Å²) in [6, 6.07) is 7.21. The lowest BCUT2D eigenvalue weighted by atomic mass is 10.1. The molecular formula is C18H21N5O3. The lowest BCUT2D eigenvalue weighted by molar-refractivity contribution is 0.0948. The van der Waals surface area contributed by atoms with E-state index in [2.05, 4.69) is 20.6 Å². The highest BCUT2D eigenvalue weighted by molar-refractivity contribution is 5.92. The number of rotatable bonds is 7. The Labute approximate surface area is 151 Å². The molecular weight excluding hydrogens is 334 g/mol. The third-order valence-electron chi connectivity index (χ3n) is 3.86. The summed E-state index contributed by atoms with van der Waals surface area (Å²) >= 11 is 0. The number of hydrogen-bond donors (Lipinski definition) is 1. The van der Waals surface area contributed by atoms with Crippen LogP contribution in [0, 0.1) is 6.92 Å². The van der Waals surface area contributed by atoms with Crippen molar-refractivity contribution in [2.24, 2.45) is 7.05 Å². The van der Waals surface area contributed by atoms with Crippen molar-refractivity contribution < 1.29 is 14.1 Å². The number of hydrogen-bond acceptors (Lipinski definition) is 6. The van der Waals surface area contributed by atoms with Gasteiger partial charge in [-0.1, -0.05) is 18.1 Å². The van der Waals surface area contributed by atoms with Crippen LogP contribution in [0.4, 0.5) is 0 Å². The van der Waals surface area contributed by atoms with Crippen LogP contribution in [-0.2, 0) is 13.7 Å². The highest BCUT2D eigenvalue weighted by atomic mass is 16.5. The normalized spacial score (nSPS) is 10.7. The SMILES string of the molecule is CCCNC(=O)c1cc(OCc2c(-c3ccccn3)noc2C)n(C)n1. The minimum atomic E-state index is -0.215. The molecule has 0 aromatic carbocycles. The molecule has 0 saturated carbocycles. The van der Waals surface area contributed by atoms with E-state index in [1.165, 1.54) is 4.68 Å². The molecule has 3 aromatic rings. The molecule has 0 fully saturated rings. The average molecular weight is 355 g/mol. The van der Waals surface area contributed by atoms with Gasteiger partial charge in [0.2, 0.25) is 5.88 Å². The van der Waals surface area contributed by atoms with Crippen molar-refractivity contribution >= 4 is 5.91 Å². The van der Waals surface area contributed by atoms with Crippen LogP contribution in [0.1, 0.15) is 35.2 Å². The molecule has 0 unspecified atom stereocenters. The smallest absolute Gasteiger partial charge is 0.271 e. The zero-order chi connectivity index (χ0) is 18.5. The van der Waals surface area contributed by atoms with Gasteiger partial charge in [-0.25, -0.2) is 4.68 Å². The van der Waals surface area contributed by atoms with Crippen molar-refractivity contribution in [3.8, 4) is 17.3 Å². The third-order valence-corrected chi connectivity index (χ3v) is 3.86. The summed E-state index contributed by atoms with van der Waals surface area (Å²) in [6.07, 6.45) is 2.57. The van der Waals surface area contributed by atoms with Crippen LogP contribution in [0.5, 0.6) is 5.88 Å². The molecule has 0 bridgehead atoms. The molecule has 0 aliphatic heterocycles. The second kappa shape index (κ2) is 7.81. The molecule has 1 amide bonds. The fraction of sp³-hybridized carbons (Fsp3) is 0.333. The first-order chi connectivity index (χ1) is 12.6. The van der Waals surface area contributed by atoms with Gasteiger partial charge in [0, 0.05) is 25.9 Å². The van der Waals surface area contributed by atoms with Crippen LogP contribution in [-0.4, -0.2) is 32.4 Å². The highest BCUT2D eigenvalue weighted by Crippen LogP contribution is 2.25. The van der Waals surface area contributed by atoms with E-state index in [-0.39, 0.29) is 12.5 Å². The second-order valence-corrected chi connectivity index (χ2v) is 5.82. The van der Waals surface area contributed by atoms with E-state index in [1.807, 2.05) is 32.0 Å². The van der Waals surface area contributed by atoms with Crippen LogP contribution in [0.15, 0.2) is 35.0 Å². The van der Waals surface area contributed by atoms with E-state index in [0.717, 1.165) is 12.0 Å². The predicted molar refractivity (Wildman–Crippen MR) is 94.6 cm³/mol. The van der Waals surface area contributed by atoms with Gasteiger partial charge in [-0.05, 0) is 25.5 Å².